The second-order valence-electron chi connectivity index (χ2n) is 9.48. The van der Waals surface area contributed by atoms with Crippen molar-refractivity contribution in [2.75, 3.05) is 19.8 Å². The number of nitrogens with zero attached hydrogens (tertiary/aromatic N) is 7. The van der Waals surface area contributed by atoms with Gasteiger partial charge in [0.15, 0.2) is 17.8 Å². The molecule has 1 amide bonds. The lowest BCUT2D eigenvalue weighted by Gasteiger charge is -2.33. The van der Waals surface area contributed by atoms with E-state index in [1.165, 1.54) is 35.3 Å². The normalized spacial score (nSPS) is 16.6. The summed E-state index contributed by atoms with van der Waals surface area (Å²) in [7, 11) is 0. The van der Waals surface area contributed by atoms with Gasteiger partial charge in [-0.15, -0.1) is 10.2 Å². The van der Waals surface area contributed by atoms with Gasteiger partial charge in [0.2, 0.25) is 0 Å². The van der Waals surface area contributed by atoms with Crippen molar-refractivity contribution in [2.45, 2.75) is 38.3 Å². The maximum atomic E-state index is 13.3. The SMILES string of the molecule is CC1COCCN1C(=O)c1ccccc1-n1cnc(Cn2nc(-c3ccc(Cl)cc3)n(C[C@H](O)C(F)(F)F)c2=O)n1. The molecule has 1 aliphatic heterocycles. The van der Waals surface area contributed by atoms with Crippen molar-refractivity contribution in [1.82, 2.24) is 34.0 Å². The van der Waals surface area contributed by atoms with Crippen LogP contribution in [0.15, 0.2) is 59.7 Å². The Morgan fingerprint density at radius 3 is 2.61 bits per heavy atom. The molecule has 2 aromatic heterocycles. The van der Waals surface area contributed by atoms with Crippen LogP contribution in [-0.4, -0.2) is 83.1 Å². The topological polar surface area (TPSA) is 120 Å². The van der Waals surface area contributed by atoms with Crippen molar-refractivity contribution in [1.29, 1.82) is 0 Å². The van der Waals surface area contributed by atoms with Crippen molar-refractivity contribution in [3.05, 3.63) is 81.8 Å². The molecule has 1 unspecified atom stereocenters. The Morgan fingerprint density at radius 2 is 1.90 bits per heavy atom. The van der Waals surface area contributed by atoms with Crippen molar-refractivity contribution < 1.29 is 27.8 Å². The molecule has 0 saturated carbocycles. The number of carbonyl (C=O) groups excluding carboxylic acids is 1. The maximum Gasteiger partial charge on any atom is 0.416 e. The third-order valence-corrected chi connectivity index (χ3v) is 6.85. The van der Waals surface area contributed by atoms with Gasteiger partial charge in [-0.05, 0) is 43.3 Å². The van der Waals surface area contributed by atoms with E-state index in [2.05, 4.69) is 15.2 Å². The number of para-hydroxylation sites is 1. The molecule has 1 fully saturated rings. The van der Waals surface area contributed by atoms with Gasteiger partial charge < -0.3 is 14.7 Å². The Kier molecular flexibility index (Phi) is 7.98. The third kappa shape index (κ3) is 6.04. The number of amides is 1. The number of halogens is 4. The van der Waals surface area contributed by atoms with E-state index < -0.39 is 24.5 Å². The Labute approximate surface area is 236 Å². The van der Waals surface area contributed by atoms with Crippen molar-refractivity contribution >= 4 is 17.5 Å². The van der Waals surface area contributed by atoms with Gasteiger partial charge in [-0.1, -0.05) is 23.7 Å². The summed E-state index contributed by atoms with van der Waals surface area (Å²) in [6, 6.07) is 12.8. The van der Waals surface area contributed by atoms with Crippen LogP contribution in [0.25, 0.3) is 17.1 Å². The second kappa shape index (κ2) is 11.5. The van der Waals surface area contributed by atoms with E-state index in [0.29, 0.717) is 41.6 Å². The molecule has 0 spiro atoms. The first-order valence-corrected chi connectivity index (χ1v) is 13.0. The lowest BCUT2D eigenvalue weighted by atomic mass is 10.1. The van der Waals surface area contributed by atoms with Crippen LogP contribution in [0.1, 0.15) is 23.1 Å². The van der Waals surface area contributed by atoms with Gasteiger partial charge in [-0.2, -0.15) is 13.2 Å². The van der Waals surface area contributed by atoms with Crippen LogP contribution in [0.5, 0.6) is 0 Å². The number of aliphatic hydroxyl groups excluding tert-OH is 1. The predicted octanol–water partition coefficient (Wildman–Crippen LogP) is 2.78. The molecule has 1 N–H and O–H groups in total. The van der Waals surface area contributed by atoms with Crippen LogP contribution in [-0.2, 0) is 17.8 Å². The Hall–Kier alpha value is -4.01. The molecule has 0 bridgehead atoms. The number of carbonyl (C=O) groups is 1. The summed E-state index contributed by atoms with van der Waals surface area (Å²) in [6.45, 7) is 1.87. The van der Waals surface area contributed by atoms with Crippen LogP contribution >= 0.6 is 11.6 Å². The molecular weight excluding hydrogens is 567 g/mol. The summed E-state index contributed by atoms with van der Waals surface area (Å²) >= 11 is 5.93. The highest BCUT2D eigenvalue weighted by Crippen LogP contribution is 2.24. The minimum atomic E-state index is -4.94. The zero-order valence-electron chi connectivity index (χ0n) is 21.7. The number of ether oxygens (including phenoxy) is 1. The molecule has 3 heterocycles. The zero-order valence-corrected chi connectivity index (χ0v) is 22.5. The molecule has 15 heteroatoms. The van der Waals surface area contributed by atoms with Crippen LogP contribution in [0.2, 0.25) is 5.02 Å². The van der Waals surface area contributed by atoms with Gasteiger partial charge in [-0.25, -0.2) is 19.1 Å². The second-order valence-corrected chi connectivity index (χ2v) is 9.92. The van der Waals surface area contributed by atoms with E-state index in [-0.39, 0.29) is 30.1 Å². The van der Waals surface area contributed by atoms with Crippen molar-refractivity contribution in [3.63, 3.8) is 0 Å². The van der Waals surface area contributed by atoms with Crippen LogP contribution < -0.4 is 5.69 Å². The average molecular weight is 592 g/mol. The number of alkyl halides is 3. The van der Waals surface area contributed by atoms with Gasteiger partial charge in [0.25, 0.3) is 5.91 Å². The van der Waals surface area contributed by atoms with Gasteiger partial charge in [-0.3, -0.25) is 9.36 Å². The average Bonchev–Trinajstić information content (AvgIpc) is 3.53. The number of morpholine rings is 1. The van der Waals surface area contributed by atoms with E-state index in [0.717, 1.165) is 9.25 Å². The minimum absolute atomic E-state index is 0.0926. The monoisotopic (exact) mass is 591 g/mol. The van der Waals surface area contributed by atoms with Gasteiger partial charge in [0.1, 0.15) is 12.9 Å². The summed E-state index contributed by atoms with van der Waals surface area (Å²) in [5, 5.41) is 18.7. The highest BCUT2D eigenvalue weighted by molar-refractivity contribution is 6.30. The number of aliphatic hydroxyl groups is 1. The van der Waals surface area contributed by atoms with Gasteiger partial charge >= 0.3 is 11.9 Å². The summed E-state index contributed by atoms with van der Waals surface area (Å²) in [5.41, 5.74) is 0.280. The van der Waals surface area contributed by atoms with Crippen molar-refractivity contribution in [3.8, 4) is 17.1 Å². The van der Waals surface area contributed by atoms with Crippen LogP contribution in [0, 0.1) is 0 Å². The molecule has 11 nitrogen and oxygen atoms in total. The molecule has 2 aromatic carbocycles. The molecule has 1 saturated heterocycles. The predicted molar refractivity (Wildman–Crippen MR) is 141 cm³/mol. The highest BCUT2D eigenvalue weighted by Gasteiger charge is 2.39. The molecular formula is C26H25ClF3N7O4. The minimum Gasteiger partial charge on any atom is -0.382 e. The molecule has 0 radical (unpaired) electrons. The lowest BCUT2D eigenvalue weighted by molar-refractivity contribution is -0.207. The van der Waals surface area contributed by atoms with E-state index in [1.807, 2.05) is 6.92 Å². The number of aromatic nitrogens is 6. The Bertz CT molecular complexity index is 1600. The highest BCUT2D eigenvalue weighted by atomic mass is 35.5. The largest absolute Gasteiger partial charge is 0.416 e. The number of benzene rings is 2. The molecule has 5 rings (SSSR count). The first kappa shape index (κ1) is 28.5. The summed E-state index contributed by atoms with van der Waals surface area (Å²) in [6.07, 6.45) is -6.35. The van der Waals surface area contributed by atoms with Crippen LogP contribution in [0.4, 0.5) is 13.2 Å². The number of hydrogen-bond acceptors (Lipinski definition) is 7. The smallest absolute Gasteiger partial charge is 0.382 e. The Balaban J connectivity index is 1.46. The molecule has 2 atom stereocenters. The maximum absolute atomic E-state index is 13.3. The summed E-state index contributed by atoms with van der Waals surface area (Å²) in [4.78, 5) is 32.5. The van der Waals surface area contributed by atoms with Gasteiger partial charge in [0, 0.05) is 17.1 Å². The zero-order chi connectivity index (χ0) is 29.3. The van der Waals surface area contributed by atoms with E-state index in [1.54, 1.807) is 29.2 Å². The van der Waals surface area contributed by atoms with E-state index >= 15 is 0 Å². The fourth-order valence-electron chi connectivity index (χ4n) is 4.46. The fraction of sp³-hybridized carbons (Fsp3) is 0.346. The third-order valence-electron chi connectivity index (χ3n) is 6.60. The number of rotatable bonds is 7. The summed E-state index contributed by atoms with van der Waals surface area (Å²) in [5.74, 6) is -0.165. The molecule has 1 aliphatic rings. The molecule has 41 heavy (non-hydrogen) atoms. The molecule has 216 valence electrons. The standard InChI is InChI=1S/C26H25ClF3N7O4/c1-16-14-41-11-10-34(16)24(39)19-4-2-3-5-20(19)37-15-31-22(32-37)13-36-25(40)35(12-21(38)26(28,29)30)23(33-36)17-6-8-18(27)9-7-17/h2-9,15-16,21,38H,10-14H2,1H3/t16?,21-/m0/s1. The first-order chi connectivity index (χ1) is 19.5. The summed E-state index contributed by atoms with van der Waals surface area (Å²) < 4.78 is 47.9. The number of hydrogen-bond donors (Lipinski definition) is 1. The molecule has 0 aliphatic carbocycles. The first-order valence-electron chi connectivity index (χ1n) is 12.6. The van der Waals surface area contributed by atoms with Gasteiger partial charge in [0.05, 0.1) is 37.1 Å². The lowest BCUT2D eigenvalue weighted by Crippen LogP contribution is -2.47. The van der Waals surface area contributed by atoms with Crippen molar-refractivity contribution in [2.24, 2.45) is 0 Å². The van der Waals surface area contributed by atoms with Crippen LogP contribution in [0.3, 0.4) is 0 Å². The fourth-order valence-corrected chi connectivity index (χ4v) is 4.58. The Morgan fingerprint density at radius 1 is 1.17 bits per heavy atom. The van der Waals surface area contributed by atoms with E-state index in [9.17, 15) is 27.9 Å². The quantitative estimate of drug-likeness (QED) is 0.351. The van der Waals surface area contributed by atoms with E-state index in [4.69, 9.17) is 16.3 Å². The molecule has 4 aromatic rings.